The van der Waals surface area contributed by atoms with Gasteiger partial charge in [-0.2, -0.15) is 0 Å². The SMILES string of the molecule is CCCNC(=O)CN(CCC)C(=O)c1ccnc(CN)c1.Cl. The molecule has 0 saturated carbocycles. The van der Waals surface area contributed by atoms with Crippen LogP contribution >= 0.6 is 12.4 Å². The number of halogens is 1. The summed E-state index contributed by atoms with van der Waals surface area (Å²) in [5.74, 6) is -0.299. The van der Waals surface area contributed by atoms with Crippen molar-refractivity contribution in [1.29, 1.82) is 0 Å². The maximum Gasteiger partial charge on any atom is 0.254 e. The zero-order chi connectivity index (χ0) is 15.7. The summed E-state index contributed by atoms with van der Waals surface area (Å²) < 4.78 is 0. The number of aromatic nitrogens is 1. The summed E-state index contributed by atoms with van der Waals surface area (Å²) in [5, 5.41) is 2.78. The Bertz CT molecular complexity index is 482. The van der Waals surface area contributed by atoms with Gasteiger partial charge in [0.05, 0.1) is 12.2 Å². The second kappa shape index (κ2) is 11.0. The van der Waals surface area contributed by atoms with Gasteiger partial charge in [-0.05, 0) is 25.0 Å². The first kappa shape index (κ1) is 20.3. The number of carbonyl (C=O) groups is 2. The van der Waals surface area contributed by atoms with Crippen LogP contribution in [0.1, 0.15) is 42.7 Å². The lowest BCUT2D eigenvalue weighted by molar-refractivity contribution is -0.121. The molecule has 0 radical (unpaired) electrons. The van der Waals surface area contributed by atoms with Gasteiger partial charge in [0.25, 0.3) is 5.91 Å². The highest BCUT2D eigenvalue weighted by molar-refractivity contribution is 5.96. The Kier molecular flexibility index (Phi) is 10.2. The third-order valence-corrected chi connectivity index (χ3v) is 2.96. The van der Waals surface area contributed by atoms with E-state index in [4.69, 9.17) is 5.73 Å². The lowest BCUT2D eigenvalue weighted by Crippen LogP contribution is -2.41. The van der Waals surface area contributed by atoms with E-state index in [1.54, 1.807) is 23.2 Å². The molecule has 124 valence electrons. The monoisotopic (exact) mass is 328 g/mol. The lowest BCUT2D eigenvalue weighted by atomic mass is 10.2. The number of pyridine rings is 1. The van der Waals surface area contributed by atoms with E-state index in [1.807, 2.05) is 13.8 Å². The van der Waals surface area contributed by atoms with Gasteiger partial charge >= 0.3 is 0 Å². The van der Waals surface area contributed by atoms with E-state index in [0.717, 1.165) is 12.8 Å². The average molecular weight is 329 g/mol. The minimum absolute atomic E-state index is 0. The summed E-state index contributed by atoms with van der Waals surface area (Å²) in [7, 11) is 0. The van der Waals surface area contributed by atoms with E-state index in [0.29, 0.717) is 24.3 Å². The van der Waals surface area contributed by atoms with Gasteiger partial charge in [0.1, 0.15) is 0 Å². The lowest BCUT2D eigenvalue weighted by Gasteiger charge is -2.21. The quantitative estimate of drug-likeness (QED) is 0.753. The van der Waals surface area contributed by atoms with Crippen molar-refractivity contribution in [3.8, 4) is 0 Å². The molecule has 0 saturated heterocycles. The van der Waals surface area contributed by atoms with Crippen molar-refractivity contribution in [1.82, 2.24) is 15.2 Å². The minimum Gasteiger partial charge on any atom is -0.355 e. The van der Waals surface area contributed by atoms with Crippen LogP contribution in [0, 0.1) is 0 Å². The Balaban J connectivity index is 0.00000441. The summed E-state index contributed by atoms with van der Waals surface area (Å²) >= 11 is 0. The van der Waals surface area contributed by atoms with Crippen molar-refractivity contribution in [2.45, 2.75) is 33.2 Å². The number of amides is 2. The van der Waals surface area contributed by atoms with Gasteiger partial charge in [0.2, 0.25) is 5.91 Å². The first-order valence-electron chi connectivity index (χ1n) is 7.33. The molecule has 0 unspecified atom stereocenters. The first-order chi connectivity index (χ1) is 10.1. The average Bonchev–Trinajstić information content (AvgIpc) is 2.51. The van der Waals surface area contributed by atoms with Crippen LogP contribution in [-0.4, -0.2) is 41.3 Å². The van der Waals surface area contributed by atoms with Gasteiger partial charge in [-0.25, -0.2) is 0 Å². The molecule has 0 spiro atoms. The Morgan fingerprint density at radius 3 is 2.64 bits per heavy atom. The molecular formula is C15H25ClN4O2. The molecule has 1 aromatic heterocycles. The van der Waals surface area contributed by atoms with Crippen molar-refractivity contribution < 1.29 is 9.59 Å². The fourth-order valence-corrected chi connectivity index (χ4v) is 1.92. The maximum atomic E-state index is 12.5. The Morgan fingerprint density at radius 2 is 2.05 bits per heavy atom. The first-order valence-corrected chi connectivity index (χ1v) is 7.33. The van der Waals surface area contributed by atoms with Crippen LogP contribution < -0.4 is 11.1 Å². The topological polar surface area (TPSA) is 88.3 Å². The summed E-state index contributed by atoms with van der Waals surface area (Å²) in [6, 6.07) is 3.32. The fraction of sp³-hybridized carbons (Fsp3) is 0.533. The van der Waals surface area contributed by atoms with Gasteiger partial charge in [-0.1, -0.05) is 13.8 Å². The summed E-state index contributed by atoms with van der Waals surface area (Å²) in [4.78, 5) is 29.9. The summed E-state index contributed by atoms with van der Waals surface area (Å²) in [5.41, 5.74) is 6.71. The van der Waals surface area contributed by atoms with Crippen LogP contribution in [0.5, 0.6) is 0 Å². The minimum atomic E-state index is -0.166. The highest BCUT2D eigenvalue weighted by Gasteiger charge is 2.18. The van der Waals surface area contributed by atoms with Crippen molar-refractivity contribution in [3.05, 3.63) is 29.6 Å². The molecule has 7 heteroatoms. The van der Waals surface area contributed by atoms with E-state index >= 15 is 0 Å². The van der Waals surface area contributed by atoms with E-state index in [2.05, 4.69) is 10.3 Å². The van der Waals surface area contributed by atoms with Crippen LogP contribution in [0.25, 0.3) is 0 Å². The normalized spacial score (nSPS) is 9.77. The molecule has 1 rings (SSSR count). The second-order valence-corrected chi connectivity index (χ2v) is 4.82. The number of nitrogens with two attached hydrogens (primary N) is 1. The number of nitrogens with one attached hydrogen (secondary N) is 1. The molecule has 1 aromatic rings. The van der Waals surface area contributed by atoms with E-state index in [-0.39, 0.29) is 37.3 Å². The molecular weight excluding hydrogens is 304 g/mol. The molecule has 0 aromatic carbocycles. The van der Waals surface area contributed by atoms with Crippen LogP contribution in [0.15, 0.2) is 18.3 Å². The van der Waals surface area contributed by atoms with Gasteiger partial charge in [-0.3, -0.25) is 14.6 Å². The molecule has 0 bridgehead atoms. The van der Waals surface area contributed by atoms with Gasteiger partial charge < -0.3 is 16.0 Å². The van der Waals surface area contributed by atoms with Crippen LogP contribution in [0.4, 0.5) is 0 Å². The van der Waals surface area contributed by atoms with Gasteiger partial charge in [-0.15, -0.1) is 12.4 Å². The standard InChI is InChI=1S/C15H24N4O2.ClH/c1-3-6-18-14(20)11-19(8-4-2)15(21)12-5-7-17-13(9-12)10-16;/h5,7,9H,3-4,6,8,10-11,16H2,1-2H3,(H,18,20);1H. The number of nitrogens with zero attached hydrogens (tertiary/aromatic N) is 2. The number of hydrogen-bond donors (Lipinski definition) is 2. The summed E-state index contributed by atoms with van der Waals surface area (Å²) in [6.45, 7) is 5.49. The zero-order valence-electron chi connectivity index (χ0n) is 13.2. The van der Waals surface area contributed by atoms with Crippen molar-refractivity contribution in [3.63, 3.8) is 0 Å². The Labute approximate surface area is 137 Å². The van der Waals surface area contributed by atoms with Crippen LogP contribution in [0.3, 0.4) is 0 Å². The summed E-state index contributed by atoms with van der Waals surface area (Å²) in [6.07, 6.45) is 3.23. The molecule has 3 N–H and O–H groups in total. The van der Waals surface area contributed by atoms with Crippen molar-refractivity contribution in [2.75, 3.05) is 19.6 Å². The van der Waals surface area contributed by atoms with E-state index < -0.39 is 0 Å². The van der Waals surface area contributed by atoms with E-state index in [1.165, 1.54) is 0 Å². The van der Waals surface area contributed by atoms with Gasteiger partial charge in [0.15, 0.2) is 0 Å². The molecule has 22 heavy (non-hydrogen) atoms. The third-order valence-electron chi connectivity index (χ3n) is 2.96. The van der Waals surface area contributed by atoms with Crippen LogP contribution in [0.2, 0.25) is 0 Å². The number of carbonyl (C=O) groups excluding carboxylic acids is 2. The predicted molar refractivity (Wildman–Crippen MR) is 88.9 cm³/mol. The maximum absolute atomic E-state index is 12.5. The molecule has 0 aliphatic rings. The zero-order valence-corrected chi connectivity index (χ0v) is 14.0. The van der Waals surface area contributed by atoms with E-state index in [9.17, 15) is 9.59 Å². The number of hydrogen-bond acceptors (Lipinski definition) is 4. The largest absolute Gasteiger partial charge is 0.355 e. The molecule has 2 amide bonds. The molecule has 6 nitrogen and oxygen atoms in total. The third kappa shape index (κ3) is 6.41. The Hall–Kier alpha value is -1.66. The number of rotatable bonds is 8. The van der Waals surface area contributed by atoms with Gasteiger partial charge in [0, 0.05) is 31.4 Å². The second-order valence-electron chi connectivity index (χ2n) is 4.82. The fourth-order valence-electron chi connectivity index (χ4n) is 1.92. The highest BCUT2D eigenvalue weighted by atomic mass is 35.5. The molecule has 0 fully saturated rings. The molecule has 1 heterocycles. The molecule has 0 atom stereocenters. The molecule has 0 aliphatic heterocycles. The Morgan fingerprint density at radius 1 is 1.32 bits per heavy atom. The smallest absolute Gasteiger partial charge is 0.254 e. The predicted octanol–water partition coefficient (Wildman–Crippen LogP) is 1.34. The van der Waals surface area contributed by atoms with Crippen LogP contribution in [-0.2, 0) is 11.3 Å². The van der Waals surface area contributed by atoms with Crippen molar-refractivity contribution in [2.24, 2.45) is 5.73 Å². The highest BCUT2D eigenvalue weighted by Crippen LogP contribution is 2.07. The molecule has 0 aliphatic carbocycles. The van der Waals surface area contributed by atoms with Crippen molar-refractivity contribution >= 4 is 24.2 Å².